The van der Waals surface area contributed by atoms with Crippen LogP contribution < -0.4 is 5.73 Å². The van der Waals surface area contributed by atoms with Gasteiger partial charge in [-0.15, -0.1) is 11.3 Å². The lowest BCUT2D eigenvalue weighted by molar-refractivity contribution is 0.0636. The van der Waals surface area contributed by atoms with Gasteiger partial charge < -0.3 is 10.6 Å². The molecule has 1 fully saturated rings. The molecule has 1 aromatic rings. The van der Waals surface area contributed by atoms with E-state index in [2.05, 4.69) is 18.7 Å². The summed E-state index contributed by atoms with van der Waals surface area (Å²) in [5.41, 5.74) is 6.56. The van der Waals surface area contributed by atoms with Crippen LogP contribution >= 0.6 is 11.3 Å². The minimum absolute atomic E-state index is 0.137. The summed E-state index contributed by atoms with van der Waals surface area (Å²) in [6.07, 6.45) is 1.23. The van der Waals surface area contributed by atoms with Crippen LogP contribution in [0.5, 0.6) is 0 Å². The Morgan fingerprint density at radius 3 is 2.50 bits per heavy atom. The zero-order valence-corrected chi connectivity index (χ0v) is 13.5. The standard InChI is InChI=1S/C15H25N3OS/c1-11(2)4-5-17-6-8-18(9-7-17)15(19)14-10-13(16)12(3)20-14/h10-11H,4-9,16H2,1-3H3. The molecule has 0 aromatic carbocycles. The van der Waals surface area contributed by atoms with Gasteiger partial charge in [-0.25, -0.2) is 0 Å². The summed E-state index contributed by atoms with van der Waals surface area (Å²) in [4.78, 5) is 18.6. The minimum Gasteiger partial charge on any atom is -0.398 e. The van der Waals surface area contributed by atoms with Crippen molar-refractivity contribution in [2.75, 3.05) is 38.5 Å². The van der Waals surface area contributed by atoms with Crippen molar-refractivity contribution in [3.8, 4) is 0 Å². The number of hydrogen-bond donors (Lipinski definition) is 1. The van der Waals surface area contributed by atoms with Crippen LogP contribution in [-0.2, 0) is 0 Å². The van der Waals surface area contributed by atoms with Crippen molar-refractivity contribution in [1.82, 2.24) is 9.80 Å². The lowest BCUT2D eigenvalue weighted by Gasteiger charge is -2.34. The molecular weight excluding hydrogens is 270 g/mol. The highest BCUT2D eigenvalue weighted by atomic mass is 32.1. The van der Waals surface area contributed by atoms with Crippen LogP contribution in [0.2, 0.25) is 0 Å². The van der Waals surface area contributed by atoms with Gasteiger partial charge in [0.15, 0.2) is 0 Å². The molecule has 2 N–H and O–H groups in total. The monoisotopic (exact) mass is 295 g/mol. The highest BCUT2D eigenvalue weighted by molar-refractivity contribution is 7.14. The van der Waals surface area contributed by atoms with Crippen molar-refractivity contribution in [1.29, 1.82) is 0 Å². The van der Waals surface area contributed by atoms with Crippen LogP contribution in [0, 0.1) is 12.8 Å². The number of nitrogen functional groups attached to an aromatic ring is 1. The molecule has 1 aromatic heterocycles. The van der Waals surface area contributed by atoms with Gasteiger partial charge in [0.1, 0.15) is 0 Å². The lowest BCUT2D eigenvalue weighted by atomic mass is 10.1. The molecule has 1 aliphatic rings. The van der Waals surface area contributed by atoms with E-state index >= 15 is 0 Å². The summed E-state index contributed by atoms with van der Waals surface area (Å²) in [5.74, 6) is 0.880. The number of piperazine rings is 1. The topological polar surface area (TPSA) is 49.6 Å². The second kappa shape index (κ2) is 6.59. The second-order valence-electron chi connectivity index (χ2n) is 5.94. The molecule has 1 aliphatic heterocycles. The van der Waals surface area contributed by atoms with Gasteiger partial charge in [-0.2, -0.15) is 0 Å². The van der Waals surface area contributed by atoms with E-state index < -0.39 is 0 Å². The maximum atomic E-state index is 12.4. The SMILES string of the molecule is Cc1sc(C(=O)N2CCN(CCC(C)C)CC2)cc1N. The number of thiophene rings is 1. The molecule has 4 nitrogen and oxygen atoms in total. The maximum Gasteiger partial charge on any atom is 0.264 e. The number of carbonyl (C=O) groups excluding carboxylic acids is 1. The summed E-state index contributed by atoms with van der Waals surface area (Å²) < 4.78 is 0. The normalized spacial score (nSPS) is 16.9. The molecule has 2 heterocycles. The maximum absolute atomic E-state index is 12.4. The number of rotatable bonds is 4. The van der Waals surface area contributed by atoms with Crippen molar-refractivity contribution in [3.63, 3.8) is 0 Å². The number of nitrogens with zero attached hydrogens (tertiary/aromatic N) is 2. The average molecular weight is 295 g/mol. The fraction of sp³-hybridized carbons (Fsp3) is 0.667. The molecule has 0 unspecified atom stereocenters. The van der Waals surface area contributed by atoms with E-state index in [0.29, 0.717) is 0 Å². The number of anilines is 1. The Kier molecular flexibility index (Phi) is 5.05. The number of amides is 1. The van der Waals surface area contributed by atoms with Crippen LogP contribution in [0.15, 0.2) is 6.07 Å². The first-order valence-electron chi connectivity index (χ1n) is 7.35. The average Bonchev–Trinajstić information content (AvgIpc) is 2.76. The molecule has 0 spiro atoms. The van der Waals surface area contributed by atoms with Crippen molar-refractivity contribution >= 4 is 22.9 Å². The van der Waals surface area contributed by atoms with E-state index in [4.69, 9.17) is 5.73 Å². The number of hydrogen-bond acceptors (Lipinski definition) is 4. The van der Waals surface area contributed by atoms with Gasteiger partial charge >= 0.3 is 0 Å². The predicted molar refractivity (Wildman–Crippen MR) is 85.3 cm³/mol. The number of carbonyl (C=O) groups is 1. The molecule has 5 heteroatoms. The van der Waals surface area contributed by atoms with Crippen LogP contribution in [-0.4, -0.2) is 48.4 Å². The number of aryl methyl sites for hydroxylation is 1. The first kappa shape index (κ1) is 15.3. The Morgan fingerprint density at radius 2 is 2.00 bits per heavy atom. The molecule has 2 rings (SSSR count). The first-order chi connectivity index (χ1) is 9.47. The summed E-state index contributed by atoms with van der Waals surface area (Å²) >= 11 is 1.50. The van der Waals surface area contributed by atoms with Gasteiger partial charge in [0.05, 0.1) is 4.88 Å². The van der Waals surface area contributed by atoms with Crippen LogP contribution in [0.3, 0.4) is 0 Å². The van der Waals surface area contributed by atoms with E-state index in [1.807, 2.05) is 17.9 Å². The van der Waals surface area contributed by atoms with Gasteiger partial charge in [0.25, 0.3) is 5.91 Å². The molecule has 20 heavy (non-hydrogen) atoms. The fourth-order valence-corrected chi connectivity index (χ4v) is 3.28. The first-order valence-corrected chi connectivity index (χ1v) is 8.16. The zero-order chi connectivity index (χ0) is 14.7. The Labute approximate surface area is 125 Å². The van der Waals surface area contributed by atoms with Gasteiger partial charge in [-0.05, 0) is 31.9 Å². The molecule has 0 radical (unpaired) electrons. The zero-order valence-electron chi connectivity index (χ0n) is 12.7. The van der Waals surface area contributed by atoms with Crippen molar-refractivity contribution < 1.29 is 4.79 Å². The van der Waals surface area contributed by atoms with Gasteiger partial charge in [0.2, 0.25) is 0 Å². The Bertz CT molecular complexity index is 442. The third-order valence-corrected chi connectivity index (χ3v) is 4.90. The molecular formula is C15H25N3OS. The smallest absolute Gasteiger partial charge is 0.264 e. The van der Waals surface area contributed by atoms with E-state index in [-0.39, 0.29) is 5.91 Å². The van der Waals surface area contributed by atoms with E-state index in [1.54, 1.807) is 0 Å². The van der Waals surface area contributed by atoms with Crippen LogP contribution in [0.1, 0.15) is 34.8 Å². The Morgan fingerprint density at radius 1 is 1.35 bits per heavy atom. The summed E-state index contributed by atoms with van der Waals surface area (Å²) in [6, 6.07) is 1.81. The lowest BCUT2D eigenvalue weighted by Crippen LogP contribution is -2.48. The molecule has 1 saturated heterocycles. The van der Waals surface area contributed by atoms with Crippen LogP contribution in [0.4, 0.5) is 5.69 Å². The summed E-state index contributed by atoms with van der Waals surface area (Å²) in [6.45, 7) is 11.2. The Hall–Kier alpha value is -1.07. The van der Waals surface area contributed by atoms with Crippen molar-refractivity contribution in [2.45, 2.75) is 27.2 Å². The minimum atomic E-state index is 0.137. The largest absolute Gasteiger partial charge is 0.398 e. The summed E-state index contributed by atoms with van der Waals surface area (Å²) in [7, 11) is 0. The molecule has 1 amide bonds. The molecule has 0 aliphatic carbocycles. The highest BCUT2D eigenvalue weighted by Gasteiger charge is 2.23. The van der Waals surface area contributed by atoms with Crippen LogP contribution in [0.25, 0.3) is 0 Å². The van der Waals surface area contributed by atoms with Crippen molar-refractivity contribution in [3.05, 3.63) is 15.8 Å². The van der Waals surface area contributed by atoms with E-state index in [0.717, 1.165) is 54.1 Å². The van der Waals surface area contributed by atoms with Gasteiger partial charge in [-0.1, -0.05) is 13.8 Å². The summed E-state index contributed by atoms with van der Waals surface area (Å²) in [5, 5.41) is 0. The molecule has 0 atom stereocenters. The third kappa shape index (κ3) is 3.73. The predicted octanol–water partition coefficient (Wildman–Crippen LogP) is 2.44. The fourth-order valence-electron chi connectivity index (χ4n) is 2.37. The molecule has 0 saturated carbocycles. The quantitative estimate of drug-likeness (QED) is 0.928. The van der Waals surface area contributed by atoms with E-state index in [9.17, 15) is 4.79 Å². The third-order valence-electron chi connectivity index (χ3n) is 3.85. The second-order valence-corrected chi connectivity index (χ2v) is 7.19. The van der Waals surface area contributed by atoms with Gasteiger partial charge in [0, 0.05) is 36.7 Å². The number of nitrogens with two attached hydrogens (primary N) is 1. The highest BCUT2D eigenvalue weighted by Crippen LogP contribution is 2.25. The Balaban J connectivity index is 1.85. The molecule has 0 bridgehead atoms. The van der Waals surface area contributed by atoms with Crippen molar-refractivity contribution in [2.24, 2.45) is 5.92 Å². The molecule has 112 valence electrons. The van der Waals surface area contributed by atoms with E-state index in [1.165, 1.54) is 17.8 Å². The van der Waals surface area contributed by atoms with Gasteiger partial charge in [-0.3, -0.25) is 9.69 Å².